The maximum Gasteiger partial charge on any atom is 0.340 e. The van der Waals surface area contributed by atoms with Crippen LogP contribution in [0.3, 0.4) is 0 Å². The Labute approximate surface area is 670 Å². The van der Waals surface area contributed by atoms with Crippen molar-refractivity contribution in [2.45, 2.75) is 61.0 Å². The van der Waals surface area contributed by atoms with Crippen LogP contribution in [0.25, 0.3) is 22.3 Å². The number of benzene rings is 9. The number of phenols is 27. The molecular weight excluding hydrogens is 1650 g/mol. The lowest BCUT2D eigenvalue weighted by Gasteiger charge is -2.44. The second-order valence-corrected chi connectivity index (χ2v) is 26.7. The third kappa shape index (κ3) is 13.9. The van der Waals surface area contributed by atoms with Crippen molar-refractivity contribution in [3.05, 3.63) is 134 Å². The zero-order chi connectivity index (χ0) is 89.2. The van der Waals surface area contributed by atoms with Crippen LogP contribution < -0.4 is 0 Å². The summed E-state index contributed by atoms with van der Waals surface area (Å²) in [5.41, 5.74) is -20.6. The first-order valence-electron chi connectivity index (χ1n) is 33.9. The van der Waals surface area contributed by atoms with E-state index in [0.717, 1.165) is 0 Å². The molecule has 4 aliphatic rings. The van der Waals surface area contributed by atoms with Crippen LogP contribution >= 0.6 is 0 Å². The first-order chi connectivity index (χ1) is 57.3. The summed E-state index contributed by atoms with van der Waals surface area (Å²) in [6, 6.07) is 3.71. The molecule has 1 fully saturated rings. The minimum absolute atomic E-state index is 0.000366. The van der Waals surface area contributed by atoms with Gasteiger partial charge in [0.15, 0.2) is 157 Å². The Morgan fingerprint density at radius 3 is 1.08 bits per heavy atom. The lowest BCUT2D eigenvalue weighted by molar-refractivity contribution is -0.282. The van der Waals surface area contributed by atoms with Crippen molar-refractivity contribution < 1.29 is 234 Å². The SMILES string of the molecule is O=C(OC[C@H]1O[C@@H](OC(=O)c2cc(O)c(O)c(O)c2)[C@H](OC(=O)c2cc(O)c(O)c(O)c2[C@H]2c3c(O)c(O)c(O)c4c3C(=O)O[C@@H]2C([C@@H]2OC(=O)c3cc(O)c(O)c(O)c3-c3c(cc(O)c(O)c3O)C(=O)OC[C@H]2O)OC(=O)c2cc(O)c(O)c(O)c2-4)[C@@H](OC(=O)c2cc(O)c(O)c(O)c2)[C@@H]1OC(=O)c1cc(O)c(O)c(O)c1)c1cc(O)c(O)c(O)c1. The molecule has 0 aromatic heterocycles. The van der Waals surface area contributed by atoms with E-state index in [1.807, 2.05) is 0 Å². The fourth-order valence-electron chi connectivity index (χ4n) is 13.6. The van der Waals surface area contributed by atoms with Crippen molar-refractivity contribution in [2.24, 2.45) is 0 Å². The topological polar surface area (TPSA) is 812 Å². The summed E-state index contributed by atoms with van der Waals surface area (Å²) >= 11 is 0. The van der Waals surface area contributed by atoms with Crippen molar-refractivity contribution in [3.8, 4) is 177 Å². The smallest absolute Gasteiger partial charge is 0.340 e. The first kappa shape index (κ1) is 82.7. The Morgan fingerprint density at radius 1 is 0.303 bits per heavy atom. The van der Waals surface area contributed by atoms with Gasteiger partial charge in [-0.3, -0.25) is 0 Å². The van der Waals surface area contributed by atoms with E-state index in [4.69, 9.17) is 47.4 Å². The first-order valence-corrected chi connectivity index (χ1v) is 33.9. The fourth-order valence-corrected chi connectivity index (χ4v) is 13.6. The van der Waals surface area contributed by atoms with E-state index in [0.29, 0.717) is 54.6 Å². The van der Waals surface area contributed by atoms with Gasteiger partial charge in [0.25, 0.3) is 0 Å². The van der Waals surface area contributed by atoms with Crippen LogP contribution in [0.2, 0.25) is 0 Å². The number of rotatable bonds is 13. The van der Waals surface area contributed by atoms with Crippen LogP contribution in [-0.4, -0.2) is 265 Å². The average molecular weight is 1710 g/mol. The lowest BCUT2D eigenvalue weighted by Crippen LogP contribution is -2.63. The van der Waals surface area contributed by atoms with Gasteiger partial charge in [-0.15, -0.1) is 0 Å². The van der Waals surface area contributed by atoms with Gasteiger partial charge in [0.05, 0.1) is 56.0 Å². The number of fused-ring (bicyclic) bond motifs is 7. The van der Waals surface area contributed by atoms with E-state index < -0.39 is 367 Å². The fraction of sp³-hybridized carbons (Fsp3) is 0.160. The summed E-state index contributed by atoms with van der Waals surface area (Å²) in [5.74, 6) is -63.4. The Balaban J connectivity index is 1.07. The van der Waals surface area contributed by atoms with Gasteiger partial charge in [-0.2, -0.15) is 0 Å². The number of aromatic hydroxyl groups is 27. The van der Waals surface area contributed by atoms with Crippen molar-refractivity contribution >= 4 is 53.7 Å². The molecule has 636 valence electrons. The predicted molar refractivity (Wildman–Crippen MR) is 379 cm³/mol. The van der Waals surface area contributed by atoms with Gasteiger partial charge in [-0.25, -0.2) is 43.2 Å². The summed E-state index contributed by atoms with van der Waals surface area (Å²) in [4.78, 5) is 135. The van der Waals surface area contributed by atoms with E-state index in [1.54, 1.807) is 0 Å². The molecule has 4 aliphatic heterocycles. The molecular formula is C75H54O47. The van der Waals surface area contributed by atoms with Gasteiger partial charge >= 0.3 is 53.7 Å². The molecule has 0 aliphatic carbocycles. The molecule has 47 nitrogen and oxygen atoms in total. The number of aliphatic hydroxyl groups is 1. The summed E-state index contributed by atoms with van der Waals surface area (Å²) in [6.07, 6.45) is -27.9. The van der Waals surface area contributed by atoms with E-state index in [-0.39, 0.29) is 18.2 Å². The van der Waals surface area contributed by atoms with Crippen LogP contribution in [0.1, 0.15) is 110 Å². The molecule has 0 saturated carbocycles. The molecule has 4 heterocycles. The number of aliphatic hydroxyl groups excluding tert-OH is 1. The molecule has 1 unspecified atom stereocenters. The minimum atomic E-state index is -3.32. The van der Waals surface area contributed by atoms with E-state index in [1.165, 1.54) is 0 Å². The van der Waals surface area contributed by atoms with Crippen LogP contribution in [0.5, 0.6) is 155 Å². The zero-order valence-corrected chi connectivity index (χ0v) is 59.9. The Kier molecular flexibility index (Phi) is 20.6. The maximum absolute atomic E-state index is 16.3. The number of hydrogen-bond acceptors (Lipinski definition) is 47. The molecule has 10 atom stereocenters. The number of hydrogen-bond donors (Lipinski definition) is 28. The normalized spacial score (nSPS) is 19.7. The average Bonchev–Trinajstić information content (AvgIpc) is 0.730. The highest BCUT2D eigenvalue weighted by molar-refractivity contribution is 6.12. The number of esters is 9. The molecule has 0 spiro atoms. The standard InChI is InChI=1S/C75H54O47/c76-23-1-15(2-24(77)45(23)89)66(104)114-14-36-61(117-67(105)16-3-25(78)46(90)26(79)4-16)64(119-68(106)17-5-27(80)47(91)28(81)6-17)65(75(115-36)122-69(107)18-7-29(82)48(92)30(83)8-18)121-73(111)22-12-34(87)52(96)56(100)40(22)43-42-44-41(57(101)59(103)58(42)102)39-21(11-33(86)51(95)55(39)99)72(110)120-63(62(43)118-74(44)112)60-35(88)13-113-70(108)19-9-31(84)49(93)53(97)37(19)38-20(71(109)116-60)10-32(85)50(94)54(38)98/h1-12,35-36,43,60-65,75-103H,13-14H2/t35-,36-,43+,60-,61-,62+,63?,64+,65-,75+/m1/s1. The Bertz CT molecular complexity index is 5990. The zero-order valence-electron chi connectivity index (χ0n) is 59.9. The van der Waals surface area contributed by atoms with Crippen LogP contribution in [0.15, 0.2) is 72.8 Å². The summed E-state index contributed by atoms with van der Waals surface area (Å²) < 4.78 is 57.3. The number of phenolic OH excluding ortho intramolecular Hbond substituents is 27. The summed E-state index contributed by atoms with van der Waals surface area (Å²) in [7, 11) is 0. The Morgan fingerprint density at radius 2 is 0.639 bits per heavy atom. The highest BCUT2D eigenvalue weighted by Crippen LogP contribution is 2.62. The Hall–Kier alpha value is -17.3. The molecule has 0 amide bonds. The van der Waals surface area contributed by atoms with Crippen molar-refractivity contribution in [1.29, 1.82) is 0 Å². The van der Waals surface area contributed by atoms with E-state index >= 15 is 19.2 Å². The van der Waals surface area contributed by atoms with Gasteiger partial charge in [-0.1, -0.05) is 0 Å². The van der Waals surface area contributed by atoms with Crippen LogP contribution in [0, 0.1) is 0 Å². The molecule has 28 N–H and O–H groups in total. The van der Waals surface area contributed by atoms with Gasteiger partial charge in [-0.05, 0) is 72.8 Å². The molecule has 0 radical (unpaired) electrons. The largest absolute Gasteiger partial charge is 0.504 e. The van der Waals surface area contributed by atoms with Gasteiger partial charge in [0.2, 0.25) is 41.1 Å². The molecule has 47 heteroatoms. The number of carbonyl (C=O) groups is 9. The van der Waals surface area contributed by atoms with Gasteiger partial charge in [0.1, 0.15) is 25.4 Å². The highest BCUT2D eigenvalue weighted by Gasteiger charge is 2.59. The van der Waals surface area contributed by atoms with Gasteiger partial charge in [0, 0.05) is 33.4 Å². The number of cyclic esters (lactones) is 3. The predicted octanol–water partition coefficient (Wildman–Crippen LogP) is 2.45. The van der Waals surface area contributed by atoms with Crippen molar-refractivity contribution in [1.82, 2.24) is 0 Å². The number of carbonyl (C=O) groups excluding carboxylic acids is 9. The molecule has 1 saturated heterocycles. The van der Waals surface area contributed by atoms with Gasteiger partial charge < -0.3 is 190 Å². The quantitative estimate of drug-likeness (QED) is 0.0448. The molecule has 9 aromatic carbocycles. The van der Waals surface area contributed by atoms with Crippen LogP contribution in [0.4, 0.5) is 0 Å². The molecule has 2 bridgehead atoms. The second kappa shape index (κ2) is 30.4. The number of ether oxygens (including phenoxy) is 10. The second-order valence-electron chi connectivity index (χ2n) is 26.7. The van der Waals surface area contributed by atoms with Crippen LogP contribution in [-0.2, 0) is 47.4 Å². The van der Waals surface area contributed by atoms with E-state index in [2.05, 4.69) is 0 Å². The lowest BCUT2D eigenvalue weighted by atomic mass is 9.73. The van der Waals surface area contributed by atoms with E-state index in [9.17, 15) is 167 Å². The van der Waals surface area contributed by atoms with Crippen molar-refractivity contribution in [2.75, 3.05) is 13.2 Å². The minimum Gasteiger partial charge on any atom is -0.504 e. The van der Waals surface area contributed by atoms with Crippen molar-refractivity contribution in [3.63, 3.8) is 0 Å². The molecule has 122 heavy (non-hydrogen) atoms. The summed E-state index contributed by atoms with van der Waals surface area (Å²) in [6.45, 7) is -3.37. The molecule has 9 aromatic rings. The summed E-state index contributed by atoms with van der Waals surface area (Å²) in [5, 5.41) is 311. The highest BCUT2D eigenvalue weighted by atomic mass is 16.8. The molecule has 13 rings (SSSR count). The third-order valence-electron chi connectivity index (χ3n) is 19.3. The maximum atomic E-state index is 16.3. The third-order valence-corrected chi connectivity index (χ3v) is 19.3. The monoisotopic (exact) mass is 1710 g/mol.